The second-order valence-corrected chi connectivity index (χ2v) is 10.5. The van der Waals surface area contributed by atoms with Crippen molar-refractivity contribution >= 4 is 12.0 Å². The van der Waals surface area contributed by atoms with Gasteiger partial charge in [0.05, 0.1) is 17.8 Å². The summed E-state index contributed by atoms with van der Waals surface area (Å²) in [5.74, 6) is -0.310. The van der Waals surface area contributed by atoms with Gasteiger partial charge < -0.3 is 29.5 Å². The van der Waals surface area contributed by atoms with Gasteiger partial charge in [-0.05, 0) is 57.4 Å². The predicted molar refractivity (Wildman–Crippen MR) is 140 cm³/mol. The van der Waals surface area contributed by atoms with Crippen LogP contribution >= 0.6 is 0 Å². The van der Waals surface area contributed by atoms with Crippen LogP contribution in [0.2, 0.25) is 0 Å². The Kier molecular flexibility index (Phi) is 8.22. The Morgan fingerprint density at radius 1 is 1.12 bits per heavy atom. The van der Waals surface area contributed by atoms with Gasteiger partial charge in [0.15, 0.2) is 0 Å². The van der Waals surface area contributed by atoms with Crippen LogP contribution in [0.1, 0.15) is 57.1 Å². The number of halogens is 2. The number of carbonyl (C=O) groups is 1. The van der Waals surface area contributed by atoms with Crippen LogP contribution in [0.4, 0.5) is 19.5 Å². The smallest absolute Gasteiger partial charge is 0.410 e. The van der Waals surface area contributed by atoms with E-state index >= 15 is 0 Å². The maximum Gasteiger partial charge on any atom is 0.410 e. The minimum Gasteiger partial charge on any atom is -0.447 e. The number of rotatable bonds is 7. The SMILES string of the molecule is CC(C)OC(=O)N1CCC(O[C@H](C)c2nc(-c3cnc(N4C[C@H](c5cc(F)ccc5F)[C@@H](N)C4)nc3)no2)CC1. The van der Waals surface area contributed by atoms with Gasteiger partial charge in [-0.2, -0.15) is 4.98 Å². The first-order valence-electron chi connectivity index (χ1n) is 13.4. The normalized spacial score (nSPS) is 20.8. The number of benzene rings is 1. The Labute approximate surface area is 230 Å². The van der Waals surface area contributed by atoms with Crippen molar-refractivity contribution in [1.29, 1.82) is 0 Å². The molecule has 1 amide bonds. The van der Waals surface area contributed by atoms with E-state index in [1.165, 1.54) is 6.07 Å². The molecule has 11 nitrogen and oxygen atoms in total. The Bertz CT molecular complexity index is 1310. The molecule has 3 aromatic rings. The molecule has 0 spiro atoms. The van der Waals surface area contributed by atoms with E-state index in [0.717, 1.165) is 12.1 Å². The lowest BCUT2D eigenvalue weighted by Crippen LogP contribution is -2.42. The third-order valence-corrected chi connectivity index (χ3v) is 7.12. The van der Waals surface area contributed by atoms with E-state index in [4.69, 9.17) is 19.7 Å². The van der Waals surface area contributed by atoms with Crippen molar-refractivity contribution in [2.24, 2.45) is 5.73 Å². The molecule has 2 fully saturated rings. The highest BCUT2D eigenvalue weighted by atomic mass is 19.1. The van der Waals surface area contributed by atoms with Crippen LogP contribution in [0.25, 0.3) is 11.4 Å². The van der Waals surface area contributed by atoms with Crippen molar-refractivity contribution in [2.45, 2.75) is 63.9 Å². The minimum atomic E-state index is -0.504. The largest absolute Gasteiger partial charge is 0.447 e. The van der Waals surface area contributed by atoms with Gasteiger partial charge in [0.1, 0.15) is 17.7 Å². The van der Waals surface area contributed by atoms with Crippen molar-refractivity contribution in [3.63, 3.8) is 0 Å². The number of amides is 1. The van der Waals surface area contributed by atoms with Crippen LogP contribution < -0.4 is 10.6 Å². The summed E-state index contributed by atoms with van der Waals surface area (Å²) < 4.78 is 44.8. The maximum absolute atomic E-state index is 14.3. The number of nitrogens with zero attached hydrogens (tertiary/aromatic N) is 6. The van der Waals surface area contributed by atoms with Gasteiger partial charge >= 0.3 is 6.09 Å². The summed E-state index contributed by atoms with van der Waals surface area (Å²) in [6, 6.07) is 3.00. The van der Waals surface area contributed by atoms with Gasteiger partial charge in [-0.3, -0.25) is 0 Å². The van der Waals surface area contributed by atoms with Gasteiger partial charge in [-0.15, -0.1) is 0 Å². The zero-order valence-electron chi connectivity index (χ0n) is 22.7. The Morgan fingerprint density at radius 3 is 2.55 bits per heavy atom. The molecule has 0 saturated carbocycles. The number of anilines is 1. The van der Waals surface area contributed by atoms with E-state index < -0.39 is 23.8 Å². The highest BCUT2D eigenvalue weighted by Crippen LogP contribution is 2.31. The summed E-state index contributed by atoms with van der Waals surface area (Å²) in [7, 11) is 0. The van der Waals surface area contributed by atoms with Gasteiger partial charge in [0, 0.05) is 50.5 Å². The molecule has 0 bridgehead atoms. The van der Waals surface area contributed by atoms with Crippen molar-refractivity contribution in [2.75, 3.05) is 31.1 Å². The fourth-order valence-corrected chi connectivity index (χ4v) is 5.04. The van der Waals surface area contributed by atoms with Crippen LogP contribution in [0, 0.1) is 11.6 Å². The zero-order chi connectivity index (χ0) is 28.4. The number of hydrogen-bond donors (Lipinski definition) is 1. The first-order valence-corrected chi connectivity index (χ1v) is 13.4. The number of piperidine rings is 1. The van der Waals surface area contributed by atoms with Crippen LogP contribution in [0.15, 0.2) is 35.1 Å². The second-order valence-electron chi connectivity index (χ2n) is 10.5. The van der Waals surface area contributed by atoms with Crippen LogP contribution in [-0.4, -0.2) is 75.5 Å². The molecule has 13 heteroatoms. The number of nitrogens with two attached hydrogens (primary N) is 1. The molecule has 5 rings (SSSR count). The molecular formula is C27H33F2N7O4. The predicted octanol–water partition coefficient (Wildman–Crippen LogP) is 3.82. The van der Waals surface area contributed by atoms with Gasteiger partial charge in [-0.25, -0.2) is 23.5 Å². The summed E-state index contributed by atoms with van der Waals surface area (Å²) in [6.45, 7) is 7.37. The number of ether oxygens (including phenoxy) is 2. The molecule has 214 valence electrons. The van der Waals surface area contributed by atoms with Gasteiger partial charge in [0.25, 0.3) is 5.89 Å². The summed E-state index contributed by atoms with van der Waals surface area (Å²) in [5.41, 5.74) is 7.07. The van der Waals surface area contributed by atoms with Crippen LogP contribution in [0.5, 0.6) is 0 Å². The Balaban J connectivity index is 1.16. The lowest BCUT2D eigenvalue weighted by atomic mass is 9.94. The molecule has 0 unspecified atom stereocenters. The molecule has 4 heterocycles. The fraction of sp³-hybridized carbons (Fsp3) is 0.519. The van der Waals surface area contributed by atoms with Crippen molar-refractivity contribution in [3.05, 3.63) is 53.7 Å². The fourth-order valence-electron chi connectivity index (χ4n) is 5.04. The molecular weight excluding hydrogens is 524 g/mol. The number of aromatic nitrogens is 4. The van der Waals surface area contributed by atoms with E-state index in [1.807, 2.05) is 25.7 Å². The maximum atomic E-state index is 14.3. The molecule has 2 N–H and O–H groups in total. The number of likely N-dealkylation sites (tertiary alicyclic amines) is 1. The minimum absolute atomic E-state index is 0.0485. The van der Waals surface area contributed by atoms with Gasteiger partial charge in [-0.1, -0.05) is 5.16 Å². The lowest BCUT2D eigenvalue weighted by Gasteiger charge is -2.32. The average molecular weight is 558 g/mol. The van der Waals surface area contributed by atoms with Gasteiger partial charge in [0.2, 0.25) is 11.8 Å². The molecule has 1 aromatic carbocycles. The van der Waals surface area contributed by atoms with E-state index in [-0.39, 0.29) is 29.8 Å². The van der Waals surface area contributed by atoms with E-state index in [2.05, 4.69) is 20.1 Å². The van der Waals surface area contributed by atoms with Crippen molar-refractivity contribution in [1.82, 2.24) is 25.0 Å². The third kappa shape index (κ3) is 6.20. The summed E-state index contributed by atoms with van der Waals surface area (Å²) in [6.07, 6.45) is 3.58. The van der Waals surface area contributed by atoms with E-state index in [1.54, 1.807) is 17.3 Å². The molecule has 40 heavy (non-hydrogen) atoms. The van der Waals surface area contributed by atoms with E-state index in [0.29, 0.717) is 62.2 Å². The quantitative estimate of drug-likeness (QED) is 0.457. The van der Waals surface area contributed by atoms with E-state index in [9.17, 15) is 13.6 Å². The highest BCUT2D eigenvalue weighted by molar-refractivity contribution is 5.67. The Morgan fingerprint density at radius 2 is 1.85 bits per heavy atom. The molecule has 2 aromatic heterocycles. The molecule has 0 radical (unpaired) electrons. The second kappa shape index (κ2) is 11.8. The number of carbonyl (C=O) groups excluding carboxylic acids is 1. The Hall–Kier alpha value is -3.71. The summed E-state index contributed by atoms with van der Waals surface area (Å²) in [4.78, 5) is 28.9. The topological polar surface area (TPSA) is 133 Å². The van der Waals surface area contributed by atoms with Crippen LogP contribution in [0.3, 0.4) is 0 Å². The molecule has 0 aliphatic carbocycles. The van der Waals surface area contributed by atoms with Crippen molar-refractivity contribution in [3.8, 4) is 11.4 Å². The summed E-state index contributed by atoms with van der Waals surface area (Å²) in [5, 5.41) is 4.05. The molecule has 2 aliphatic heterocycles. The lowest BCUT2D eigenvalue weighted by molar-refractivity contribution is -0.0475. The summed E-state index contributed by atoms with van der Waals surface area (Å²) >= 11 is 0. The monoisotopic (exact) mass is 557 g/mol. The first-order chi connectivity index (χ1) is 19.2. The molecule has 2 aliphatic rings. The zero-order valence-corrected chi connectivity index (χ0v) is 22.7. The third-order valence-electron chi connectivity index (χ3n) is 7.12. The molecule has 2 saturated heterocycles. The molecule has 3 atom stereocenters. The highest BCUT2D eigenvalue weighted by Gasteiger charge is 2.34. The average Bonchev–Trinajstić information content (AvgIpc) is 3.58. The van der Waals surface area contributed by atoms with Crippen LogP contribution in [-0.2, 0) is 9.47 Å². The standard InChI is InChI=1S/C27H33F2N7O4/c1-15(2)38-27(37)35-8-6-19(7-9-35)39-16(3)25-33-24(34-40-25)17-11-31-26(32-12-17)36-13-21(23(30)14-36)20-10-18(28)4-5-22(20)29/h4-5,10-12,15-16,19,21,23H,6-9,13-14,30H2,1-3H3/t16-,21-,23+/m1/s1. The number of hydrogen-bond acceptors (Lipinski definition) is 10. The first kappa shape index (κ1) is 27.8. The van der Waals surface area contributed by atoms with Crippen molar-refractivity contribution < 1.29 is 27.6 Å².